The Kier molecular flexibility index (Phi) is 8.93. The summed E-state index contributed by atoms with van der Waals surface area (Å²) in [5, 5.41) is 7.24. The van der Waals surface area contributed by atoms with Crippen molar-refractivity contribution in [3.63, 3.8) is 0 Å². The van der Waals surface area contributed by atoms with Gasteiger partial charge in [-0.1, -0.05) is 48.5 Å². The first-order chi connectivity index (χ1) is 20.5. The van der Waals surface area contributed by atoms with Gasteiger partial charge in [-0.25, -0.2) is 4.98 Å². The minimum atomic E-state index is -0.352. The Labute approximate surface area is 242 Å². The number of hydrogen-bond acceptors (Lipinski definition) is 5. The Morgan fingerprint density at radius 1 is 0.976 bits per heavy atom. The average Bonchev–Trinajstić information content (AvgIpc) is 3.61. The van der Waals surface area contributed by atoms with Crippen molar-refractivity contribution in [2.75, 3.05) is 19.6 Å². The van der Waals surface area contributed by atoms with Crippen LogP contribution in [0.1, 0.15) is 23.6 Å². The summed E-state index contributed by atoms with van der Waals surface area (Å²) in [6.45, 7) is 1.74. The van der Waals surface area contributed by atoms with Crippen LogP contribution in [-0.4, -0.2) is 57.2 Å². The van der Waals surface area contributed by atoms with E-state index in [2.05, 4.69) is 25.6 Å². The standard InChI is InChI=1S/C32H32N6O4/c1-22(39)34-19-32(41)38(14-12-25-17-35-28-10-6-5-9-26(25)28)20-30(40)33-13-11-24-16-36-29-18-37-31(15-27(24)29)42-21-23-7-3-2-4-8-23/h2-11,13,15-18,35-36H,12,14,19-21H2,1H3,(H,33,40)(H,34,39)/b13-11+. The van der Waals surface area contributed by atoms with Gasteiger partial charge >= 0.3 is 0 Å². The van der Waals surface area contributed by atoms with E-state index in [1.54, 1.807) is 18.5 Å². The highest BCUT2D eigenvalue weighted by atomic mass is 16.5. The number of fused-ring (bicyclic) bond motifs is 2. The molecule has 0 atom stereocenters. The summed E-state index contributed by atoms with van der Waals surface area (Å²) in [6, 6.07) is 19.6. The summed E-state index contributed by atoms with van der Waals surface area (Å²) in [5.74, 6) is -0.505. The molecule has 3 amide bonds. The normalized spacial score (nSPS) is 11.2. The predicted molar refractivity (Wildman–Crippen MR) is 161 cm³/mol. The van der Waals surface area contributed by atoms with E-state index in [0.29, 0.717) is 25.5 Å². The van der Waals surface area contributed by atoms with Crippen LogP contribution in [-0.2, 0) is 27.4 Å². The number of para-hydroxylation sites is 1. The summed E-state index contributed by atoms with van der Waals surface area (Å²) >= 11 is 0. The lowest BCUT2D eigenvalue weighted by molar-refractivity contribution is -0.136. The fourth-order valence-corrected chi connectivity index (χ4v) is 4.61. The molecule has 10 nitrogen and oxygen atoms in total. The van der Waals surface area contributed by atoms with Gasteiger partial charge in [-0.15, -0.1) is 0 Å². The minimum absolute atomic E-state index is 0.152. The lowest BCUT2D eigenvalue weighted by atomic mass is 10.1. The van der Waals surface area contributed by atoms with Gasteiger partial charge in [0.15, 0.2) is 0 Å². The SMILES string of the molecule is CC(=O)NCC(=O)N(CCc1c[nH]c2ccccc12)CC(=O)N/C=C/c1c[nH]c2cnc(OCc3ccccc3)cc12. The average molecular weight is 565 g/mol. The van der Waals surface area contributed by atoms with E-state index in [1.807, 2.05) is 73.1 Å². The van der Waals surface area contributed by atoms with Gasteiger partial charge in [0.1, 0.15) is 6.61 Å². The van der Waals surface area contributed by atoms with Gasteiger partial charge in [0, 0.05) is 60.0 Å². The van der Waals surface area contributed by atoms with Crippen molar-refractivity contribution < 1.29 is 19.1 Å². The van der Waals surface area contributed by atoms with E-state index >= 15 is 0 Å². The monoisotopic (exact) mass is 564 g/mol. The molecule has 0 unspecified atom stereocenters. The molecule has 0 aliphatic carbocycles. The van der Waals surface area contributed by atoms with E-state index in [4.69, 9.17) is 4.74 Å². The molecular weight excluding hydrogens is 532 g/mol. The third kappa shape index (κ3) is 7.22. The summed E-state index contributed by atoms with van der Waals surface area (Å²) in [6.07, 6.45) is 9.31. The second kappa shape index (κ2) is 13.3. The Morgan fingerprint density at radius 3 is 2.60 bits per heavy atom. The third-order valence-corrected chi connectivity index (χ3v) is 6.81. The Balaban J connectivity index is 1.21. The highest BCUT2D eigenvalue weighted by Crippen LogP contribution is 2.23. The number of benzene rings is 2. The molecule has 0 radical (unpaired) electrons. The second-order valence-corrected chi connectivity index (χ2v) is 9.82. The zero-order valence-corrected chi connectivity index (χ0v) is 23.2. The summed E-state index contributed by atoms with van der Waals surface area (Å²) < 4.78 is 5.86. The van der Waals surface area contributed by atoms with Crippen molar-refractivity contribution in [1.29, 1.82) is 0 Å². The van der Waals surface area contributed by atoms with Crippen molar-refractivity contribution in [2.45, 2.75) is 20.0 Å². The number of aromatic amines is 2. The number of H-pyrrole nitrogens is 2. The van der Waals surface area contributed by atoms with Gasteiger partial charge in [0.05, 0.1) is 24.8 Å². The van der Waals surface area contributed by atoms with E-state index in [-0.39, 0.29) is 30.8 Å². The number of pyridine rings is 1. The molecule has 0 aliphatic rings. The van der Waals surface area contributed by atoms with Crippen LogP contribution in [0.15, 0.2) is 85.5 Å². The number of rotatable bonds is 12. The highest BCUT2D eigenvalue weighted by molar-refractivity contribution is 5.91. The smallest absolute Gasteiger partial charge is 0.243 e. The van der Waals surface area contributed by atoms with Crippen LogP contribution in [0.5, 0.6) is 5.88 Å². The van der Waals surface area contributed by atoms with E-state index in [0.717, 1.165) is 38.5 Å². The maximum atomic E-state index is 12.9. The van der Waals surface area contributed by atoms with Crippen LogP contribution >= 0.6 is 0 Å². The lowest BCUT2D eigenvalue weighted by Crippen LogP contribution is -2.45. The van der Waals surface area contributed by atoms with Crippen LogP contribution in [0.2, 0.25) is 0 Å². The Morgan fingerprint density at radius 2 is 1.76 bits per heavy atom. The highest BCUT2D eigenvalue weighted by Gasteiger charge is 2.18. The molecule has 3 aromatic heterocycles. The number of amides is 3. The molecule has 3 heterocycles. The van der Waals surface area contributed by atoms with Gasteiger partial charge in [-0.05, 0) is 29.7 Å². The molecule has 10 heteroatoms. The van der Waals surface area contributed by atoms with Crippen molar-refractivity contribution in [3.8, 4) is 5.88 Å². The molecule has 0 bridgehead atoms. The van der Waals surface area contributed by atoms with Crippen molar-refractivity contribution in [3.05, 3.63) is 102 Å². The van der Waals surface area contributed by atoms with E-state index in [9.17, 15) is 14.4 Å². The largest absolute Gasteiger partial charge is 0.473 e. The molecule has 5 rings (SSSR count). The van der Waals surface area contributed by atoms with Crippen LogP contribution in [0, 0.1) is 0 Å². The fraction of sp³-hybridized carbons (Fsp3) is 0.188. The second-order valence-electron chi connectivity index (χ2n) is 9.82. The topological polar surface area (TPSA) is 132 Å². The van der Waals surface area contributed by atoms with Gasteiger partial charge < -0.3 is 30.2 Å². The summed E-state index contributed by atoms with van der Waals surface area (Å²) in [4.78, 5) is 49.3. The molecule has 2 aromatic carbocycles. The van der Waals surface area contributed by atoms with Crippen LogP contribution in [0.4, 0.5) is 0 Å². The van der Waals surface area contributed by atoms with Gasteiger partial charge in [0.25, 0.3) is 0 Å². The molecule has 0 saturated heterocycles. The third-order valence-electron chi connectivity index (χ3n) is 6.81. The van der Waals surface area contributed by atoms with Crippen LogP contribution in [0.25, 0.3) is 27.9 Å². The first kappa shape index (κ1) is 28.2. The van der Waals surface area contributed by atoms with E-state index < -0.39 is 0 Å². The first-order valence-electron chi connectivity index (χ1n) is 13.6. The maximum Gasteiger partial charge on any atom is 0.243 e. The summed E-state index contributed by atoms with van der Waals surface area (Å²) in [5.41, 5.74) is 4.77. The lowest BCUT2D eigenvalue weighted by Gasteiger charge is -2.22. The number of nitrogens with zero attached hydrogens (tertiary/aromatic N) is 2. The molecule has 214 valence electrons. The number of ether oxygens (including phenoxy) is 1. The van der Waals surface area contributed by atoms with Crippen molar-refractivity contribution in [2.24, 2.45) is 0 Å². The fourth-order valence-electron chi connectivity index (χ4n) is 4.61. The maximum absolute atomic E-state index is 12.9. The first-order valence-corrected chi connectivity index (χ1v) is 13.6. The van der Waals surface area contributed by atoms with Gasteiger partial charge in [0.2, 0.25) is 23.6 Å². The summed E-state index contributed by atoms with van der Waals surface area (Å²) in [7, 11) is 0. The molecular formula is C32H32N6O4. The molecule has 0 saturated carbocycles. The number of hydrogen-bond donors (Lipinski definition) is 4. The number of carbonyl (C=O) groups excluding carboxylic acids is 3. The quantitative estimate of drug-likeness (QED) is 0.182. The van der Waals surface area contributed by atoms with Crippen molar-refractivity contribution in [1.82, 2.24) is 30.5 Å². The van der Waals surface area contributed by atoms with Gasteiger partial charge in [-0.2, -0.15) is 0 Å². The van der Waals surface area contributed by atoms with Crippen LogP contribution < -0.4 is 15.4 Å². The van der Waals surface area contributed by atoms with Crippen molar-refractivity contribution >= 4 is 45.6 Å². The molecule has 42 heavy (non-hydrogen) atoms. The zero-order chi connectivity index (χ0) is 29.3. The van der Waals surface area contributed by atoms with Crippen LogP contribution in [0.3, 0.4) is 0 Å². The molecule has 4 N–H and O–H groups in total. The van der Waals surface area contributed by atoms with E-state index in [1.165, 1.54) is 11.8 Å². The Hall–Kier alpha value is -5.38. The molecule has 0 fully saturated rings. The zero-order valence-electron chi connectivity index (χ0n) is 23.2. The number of carbonyl (C=O) groups is 3. The molecule has 5 aromatic rings. The molecule has 0 aliphatic heterocycles. The molecule has 0 spiro atoms. The number of nitrogens with one attached hydrogen (secondary N) is 4. The predicted octanol–water partition coefficient (Wildman–Crippen LogP) is 3.92. The minimum Gasteiger partial charge on any atom is -0.473 e. The number of aromatic nitrogens is 3. The Bertz CT molecular complexity index is 1720. The van der Waals surface area contributed by atoms with Gasteiger partial charge in [-0.3, -0.25) is 14.4 Å².